The summed E-state index contributed by atoms with van der Waals surface area (Å²) in [6.45, 7) is 7.76. The summed E-state index contributed by atoms with van der Waals surface area (Å²) in [7, 11) is 0. The van der Waals surface area contributed by atoms with Crippen LogP contribution in [0.25, 0.3) is 0 Å². The van der Waals surface area contributed by atoms with Gasteiger partial charge in [-0.25, -0.2) is 0 Å². The number of hydrogen-bond acceptors (Lipinski definition) is 3. The Balaban J connectivity index is 1.73. The van der Waals surface area contributed by atoms with E-state index in [1.807, 2.05) is 52.0 Å². The molecule has 1 unspecified atom stereocenters. The van der Waals surface area contributed by atoms with Gasteiger partial charge in [0, 0.05) is 17.7 Å². The number of carbonyl (C=O) groups excluding carboxylic acids is 2. The summed E-state index contributed by atoms with van der Waals surface area (Å²) in [5.74, 6) is 0.765. The van der Waals surface area contributed by atoms with Crippen LogP contribution in [0, 0.1) is 6.92 Å². The molecule has 0 spiro atoms. The fourth-order valence-corrected chi connectivity index (χ4v) is 3.46. The van der Waals surface area contributed by atoms with Crippen molar-refractivity contribution in [1.29, 1.82) is 0 Å². The summed E-state index contributed by atoms with van der Waals surface area (Å²) in [5, 5.41) is 3.02. The van der Waals surface area contributed by atoms with Gasteiger partial charge in [0.15, 0.2) is 5.78 Å². The minimum Gasteiger partial charge on any atom is -0.491 e. The van der Waals surface area contributed by atoms with E-state index in [9.17, 15) is 9.59 Å². The lowest BCUT2D eigenvalue weighted by molar-refractivity contribution is 0.0934. The maximum Gasteiger partial charge on any atom is 0.268 e. The average Bonchev–Trinajstić information content (AvgIpc) is 2.93. The van der Waals surface area contributed by atoms with Crippen LogP contribution in [0.4, 0.5) is 0 Å². The summed E-state index contributed by atoms with van der Waals surface area (Å²) in [5.41, 5.74) is 3.86. The normalized spacial score (nSPS) is 14.9. The smallest absolute Gasteiger partial charge is 0.268 e. The van der Waals surface area contributed by atoms with Gasteiger partial charge >= 0.3 is 0 Å². The molecule has 26 heavy (non-hydrogen) atoms. The zero-order valence-corrected chi connectivity index (χ0v) is 15.8. The van der Waals surface area contributed by atoms with Crippen molar-refractivity contribution >= 4 is 11.7 Å². The highest BCUT2D eigenvalue weighted by Gasteiger charge is 2.26. The number of aryl methyl sites for hydroxylation is 1. The van der Waals surface area contributed by atoms with Gasteiger partial charge in [0.25, 0.3) is 5.91 Å². The fourth-order valence-electron chi connectivity index (χ4n) is 3.46. The lowest BCUT2D eigenvalue weighted by atomic mass is 9.94. The number of amides is 1. The van der Waals surface area contributed by atoms with Crippen molar-refractivity contribution in [3.63, 3.8) is 0 Å². The maximum absolute atomic E-state index is 12.7. The van der Waals surface area contributed by atoms with Gasteiger partial charge < -0.3 is 15.0 Å². The third-order valence-electron chi connectivity index (χ3n) is 4.76. The molecule has 5 heteroatoms. The van der Waals surface area contributed by atoms with E-state index in [2.05, 4.69) is 10.3 Å². The molecule has 1 aliphatic rings. The number of benzene rings is 1. The van der Waals surface area contributed by atoms with E-state index < -0.39 is 0 Å². The van der Waals surface area contributed by atoms with Crippen molar-refractivity contribution in [3.05, 3.63) is 52.3 Å². The van der Waals surface area contributed by atoms with Crippen molar-refractivity contribution in [2.75, 3.05) is 0 Å². The quantitative estimate of drug-likeness (QED) is 0.848. The average molecular weight is 354 g/mol. The molecule has 2 N–H and O–H groups in total. The van der Waals surface area contributed by atoms with Gasteiger partial charge in [-0.2, -0.15) is 0 Å². The van der Waals surface area contributed by atoms with Crippen LogP contribution in [0.2, 0.25) is 0 Å². The van der Waals surface area contributed by atoms with Crippen LogP contribution in [0.15, 0.2) is 24.3 Å². The van der Waals surface area contributed by atoms with Crippen molar-refractivity contribution in [2.45, 2.75) is 59.1 Å². The molecule has 0 saturated carbocycles. The molecule has 0 bridgehead atoms. The Morgan fingerprint density at radius 1 is 1.15 bits per heavy atom. The molecule has 2 aromatic rings. The topological polar surface area (TPSA) is 71.2 Å². The van der Waals surface area contributed by atoms with Crippen molar-refractivity contribution in [2.24, 2.45) is 0 Å². The molecule has 0 fully saturated rings. The summed E-state index contributed by atoms with van der Waals surface area (Å²) in [6, 6.07) is 7.59. The minimum absolute atomic E-state index is 0.127. The van der Waals surface area contributed by atoms with E-state index in [1.54, 1.807) is 0 Å². The maximum atomic E-state index is 12.7. The van der Waals surface area contributed by atoms with Crippen LogP contribution in [-0.2, 0) is 6.42 Å². The van der Waals surface area contributed by atoms with Crippen molar-refractivity contribution in [1.82, 2.24) is 10.3 Å². The number of ketones is 1. The van der Waals surface area contributed by atoms with Gasteiger partial charge in [0.05, 0.1) is 12.1 Å². The van der Waals surface area contributed by atoms with Gasteiger partial charge in [0.2, 0.25) is 0 Å². The molecule has 1 aromatic heterocycles. The van der Waals surface area contributed by atoms with E-state index in [0.717, 1.165) is 35.4 Å². The van der Waals surface area contributed by atoms with E-state index in [4.69, 9.17) is 4.74 Å². The third-order valence-corrected chi connectivity index (χ3v) is 4.76. The van der Waals surface area contributed by atoms with E-state index >= 15 is 0 Å². The highest BCUT2D eigenvalue weighted by Crippen LogP contribution is 2.27. The van der Waals surface area contributed by atoms with Gasteiger partial charge in [-0.3, -0.25) is 9.59 Å². The molecule has 1 heterocycles. The first kappa shape index (κ1) is 18.2. The van der Waals surface area contributed by atoms with Crippen LogP contribution >= 0.6 is 0 Å². The van der Waals surface area contributed by atoms with E-state index in [0.29, 0.717) is 17.7 Å². The number of fused-ring (bicyclic) bond motifs is 1. The highest BCUT2D eigenvalue weighted by molar-refractivity contribution is 6.04. The van der Waals surface area contributed by atoms with Gasteiger partial charge in [-0.1, -0.05) is 12.1 Å². The number of H-pyrrole nitrogens is 1. The number of aromatic amines is 1. The van der Waals surface area contributed by atoms with Crippen LogP contribution < -0.4 is 10.1 Å². The van der Waals surface area contributed by atoms with Gasteiger partial charge in [-0.15, -0.1) is 0 Å². The number of rotatable bonds is 5. The molecule has 1 aliphatic carbocycles. The Hall–Kier alpha value is -2.56. The summed E-state index contributed by atoms with van der Waals surface area (Å²) < 4.78 is 5.65. The SMILES string of the molecule is Cc1c(C(=O)NC(C)c2ccc(OC(C)C)cc2)[nH]c2c1C(=O)CCC2. The van der Waals surface area contributed by atoms with Gasteiger partial charge in [-0.05, 0) is 63.8 Å². The van der Waals surface area contributed by atoms with Crippen LogP contribution in [0.3, 0.4) is 0 Å². The number of nitrogens with one attached hydrogen (secondary N) is 2. The number of Topliss-reactive ketones (excluding diaryl/α,β-unsaturated/α-hetero) is 1. The van der Waals surface area contributed by atoms with E-state index in [1.165, 1.54) is 0 Å². The van der Waals surface area contributed by atoms with Crippen LogP contribution in [0.1, 0.15) is 77.3 Å². The second kappa shape index (κ2) is 7.36. The van der Waals surface area contributed by atoms with E-state index in [-0.39, 0.29) is 23.8 Å². The molecule has 0 radical (unpaired) electrons. The zero-order valence-electron chi connectivity index (χ0n) is 15.8. The van der Waals surface area contributed by atoms with Crippen LogP contribution in [0.5, 0.6) is 5.75 Å². The molecule has 1 amide bonds. The first-order valence-corrected chi connectivity index (χ1v) is 9.19. The zero-order chi connectivity index (χ0) is 18.8. The number of hydrogen-bond donors (Lipinski definition) is 2. The molecule has 5 nitrogen and oxygen atoms in total. The minimum atomic E-state index is -0.181. The van der Waals surface area contributed by atoms with Gasteiger partial charge in [0.1, 0.15) is 11.4 Å². The predicted molar refractivity (Wildman–Crippen MR) is 101 cm³/mol. The lowest BCUT2D eigenvalue weighted by Gasteiger charge is -2.16. The van der Waals surface area contributed by atoms with Crippen molar-refractivity contribution in [3.8, 4) is 5.75 Å². The number of carbonyl (C=O) groups is 2. The molecule has 0 saturated heterocycles. The lowest BCUT2D eigenvalue weighted by Crippen LogP contribution is -2.27. The summed E-state index contributed by atoms with van der Waals surface area (Å²) in [4.78, 5) is 28.0. The Bertz CT molecular complexity index is 819. The third kappa shape index (κ3) is 3.66. The second-order valence-electron chi connectivity index (χ2n) is 7.19. The molecule has 3 rings (SSSR count). The molecule has 1 atom stereocenters. The standard InChI is InChI=1S/C21H26N2O3/c1-12(2)26-16-10-8-15(9-11-16)14(4)22-21(25)20-13(3)19-17(23-20)6-5-7-18(19)24/h8-12,14,23H,5-7H2,1-4H3,(H,22,25). The molecule has 1 aromatic carbocycles. The predicted octanol–water partition coefficient (Wildman–Crippen LogP) is 4.12. The highest BCUT2D eigenvalue weighted by atomic mass is 16.5. The largest absolute Gasteiger partial charge is 0.491 e. The first-order valence-electron chi connectivity index (χ1n) is 9.19. The molecule has 0 aliphatic heterocycles. The monoisotopic (exact) mass is 354 g/mol. The Kier molecular flexibility index (Phi) is 5.16. The second-order valence-corrected chi connectivity index (χ2v) is 7.19. The Morgan fingerprint density at radius 3 is 2.46 bits per heavy atom. The summed E-state index contributed by atoms with van der Waals surface area (Å²) in [6.07, 6.45) is 2.35. The van der Waals surface area contributed by atoms with Crippen molar-refractivity contribution < 1.29 is 14.3 Å². The fraction of sp³-hybridized carbons (Fsp3) is 0.429. The molecular weight excluding hydrogens is 328 g/mol. The Morgan fingerprint density at radius 2 is 1.85 bits per heavy atom. The summed E-state index contributed by atoms with van der Waals surface area (Å²) >= 11 is 0. The molecular formula is C21H26N2O3. The Labute approximate surface area is 154 Å². The number of aromatic nitrogens is 1. The first-order chi connectivity index (χ1) is 12.4. The van der Waals surface area contributed by atoms with Crippen LogP contribution in [-0.4, -0.2) is 22.8 Å². The number of ether oxygens (including phenoxy) is 1. The molecule has 138 valence electrons.